The number of benzene rings is 2. The fourth-order valence-corrected chi connectivity index (χ4v) is 2.43. The molecular formula is C16H15BrN2O. The maximum Gasteiger partial charge on any atom is 0.138 e. The van der Waals surface area contributed by atoms with Crippen LogP contribution >= 0.6 is 15.9 Å². The molecule has 0 aliphatic heterocycles. The van der Waals surface area contributed by atoms with Crippen molar-refractivity contribution < 1.29 is 4.74 Å². The van der Waals surface area contributed by atoms with Crippen LogP contribution in [0.4, 0.5) is 0 Å². The molecular weight excluding hydrogens is 316 g/mol. The van der Waals surface area contributed by atoms with Gasteiger partial charge in [0.2, 0.25) is 0 Å². The van der Waals surface area contributed by atoms with Gasteiger partial charge in [-0.25, -0.2) is 4.98 Å². The van der Waals surface area contributed by atoms with E-state index in [9.17, 15) is 0 Å². The largest absolute Gasteiger partial charge is 0.494 e. The third-order valence-electron chi connectivity index (χ3n) is 3.02. The lowest BCUT2D eigenvalue weighted by molar-refractivity contribution is 0.317. The molecule has 1 N–H and O–H groups in total. The fraction of sp³-hybridized carbons (Fsp3) is 0.188. The van der Waals surface area contributed by atoms with Crippen molar-refractivity contribution in [3.05, 3.63) is 46.9 Å². The molecule has 20 heavy (non-hydrogen) atoms. The summed E-state index contributed by atoms with van der Waals surface area (Å²) in [5.74, 6) is 1.74. The number of hydrogen-bond donors (Lipinski definition) is 1. The second kappa shape index (κ2) is 5.67. The van der Waals surface area contributed by atoms with Crippen molar-refractivity contribution in [2.45, 2.75) is 13.3 Å². The predicted octanol–water partition coefficient (Wildman–Crippen LogP) is 4.78. The van der Waals surface area contributed by atoms with Gasteiger partial charge in [-0.15, -0.1) is 0 Å². The Bertz CT molecular complexity index is 736. The number of aromatic amines is 1. The van der Waals surface area contributed by atoms with E-state index in [2.05, 4.69) is 32.8 Å². The molecule has 0 aliphatic rings. The summed E-state index contributed by atoms with van der Waals surface area (Å²) in [7, 11) is 0. The molecule has 102 valence electrons. The van der Waals surface area contributed by atoms with Gasteiger partial charge in [-0.1, -0.05) is 35.0 Å². The predicted molar refractivity (Wildman–Crippen MR) is 85.0 cm³/mol. The Hall–Kier alpha value is -1.81. The second-order valence-electron chi connectivity index (χ2n) is 4.62. The van der Waals surface area contributed by atoms with Crippen molar-refractivity contribution in [3.63, 3.8) is 0 Å². The summed E-state index contributed by atoms with van der Waals surface area (Å²) >= 11 is 3.47. The van der Waals surface area contributed by atoms with Gasteiger partial charge < -0.3 is 9.72 Å². The Morgan fingerprint density at radius 1 is 1.20 bits per heavy atom. The summed E-state index contributed by atoms with van der Waals surface area (Å²) in [6.07, 6.45) is 1.00. The molecule has 0 radical (unpaired) electrons. The van der Waals surface area contributed by atoms with Gasteiger partial charge in [0, 0.05) is 10.0 Å². The number of nitrogens with one attached hydrogen (secondary N) is 1. The molecule has 3 nitrogen and oxygen atoms in total. The van der Waals surface area contributed by atoms with Gasteiger partial charge in [-0.2, -0.15) is 0 Å². The highest BCUT2D eigenvalue weighted by Crippen LogP contribution is 2.25. The molecule has 1 heterocycles. The molecule has 0 saturated heterocycles. The molecule has 3 aromatic rings. The third-order valence-corrected chi connectivity index (χ3v) is 3.52. The van der Waals surface area contributed by atoms with Crippen LogP contribution in [0.5, 0.6) is 5.75 Å². The number of imidazole rings is 1. The van der Waals surface area contributed by atoms with Gasteiger partial charge in [0.1, 0.15) is 11.6 Å². The standard InChI is InChI=1S/C16H15BrN2O/c1-2-8-20-13-5-3-4-11(9-13)16-18-14-7-6-12(17)10-15(14)19-16/h3-7,9-10H,2,8H2,1H3,(H,18,19). The average molecular weight is 331 g/mol. The van der Waals surface area contributed by atoms with E-state index >= 15 is 0 Å². The zero-order valence-electron chi connectivity index (χ0n) is 11.2. The maximum atomic E-state index is 5.66. The van der Waals surface area contributed by atoms with E-state index in [4.69, 9.17) is 4.74 Å². The van der Waals surface area contributed by atoms with E-state index in [1.807, 2.05) is 42.5 Å². The van der Waals surface area contributed by atoms with Gasteiger partial charge in [-0.05, 0) is 36.8 Å². The smallest absolute Gasteiger partial charge is 0.138 e. The Kier molecular flexibility index (Phi) is 3.74. The summed E-state index contributed by atoms with van der Waals surface area (Å²) in [6.45, 7) is 2.83. The number of rotatable bonds is 4. The summed E-state index contributed by atoms with van der Waals surface area (Å²) in [5, 5.41) is 0. The number of aromatic nitrogens is 2. The van der Waals surface area contributed by atoms with Gasteiger partial charge in [0.25, 0.3) is 0 Å². The van der Waals surface area contributed by atoms with Crippen LogP contribution in [0.15, 0.2) is 46.9 Å². The summed E-state index contributed by atoms with van der Waals surface area (Å²) < 4.78 is 6.70. The number of nitrogens with zero attached hydrogens (tertiary/aromatic N) is 1. The normalized spacial score (nSPS) is 10.9. The van der Waals surface area contributed by atoms with Crippen LogP contribution < -0.4 is 4.74 Å². The van der Waals surface area contributed by atoms with Crippen LogP contribution in [0.2, 0.25) is 0 Å². The molecule has 2 aromatic carbocycles. The van der Waals surface area contributed by atoms with Crippen molar-refractivity contribution in [3.8, 4) is 17.1 Å². The van der Waals surface area contributed by atoms with Crippen LogP contribution in [0.1, 0.15) is 13.3 Å². The van der Waals surface area contributed by atoms with E-state index in [0.717, 1.165) is 45.7 Å². The minimum atomic E-state index is 0.733. The minimum Gasteiger partial charge on any atom is -0.494 e. The van der Waals surface area contributed by atoms with Gasteiger partial charge in [0.15, 0.2) is 0 Å². The molecule has 0 atom stereocenters. The number of H-pyrrole nitrogens is 1. The van der Waals surface area contributed by atoms with Crippen LogP contribution in [0, 0.1) is 0 Å². The summed E-state index contributed by atoms with van der Waals surface area (Å²) in [6, 6.07) is 14.0. The fourth-order valence-electron chi connectivity index (χ4n) is 2.07. The molecule has 3 rings (SSSR count). The second-order valence-corrected chi connectivity index (χ2v) is 5.54. The molecule has 0 bridgehead atoms. The molecule has 0 fully saturated rings. The summed E-state index contributed by atoms with van der Waals surface area (Å²) in [5.41, 5.74) is 3.02. The first-order chi connectivity index (χ1) is 9.76. The van der Waals surface area contributed by atoms with Crippen molar-refractivity contribution in [1.82, 2.24) is 9.97 Å². The SMILES string of the molecule is CCCOc1cccc(-c2nc3ccc(Br)cc3[nH]2)c1. The lowest BCUT2D eigenvalue weighted by atomic mass is 10.2. The molecule has 0 saturated carbocycles. The molecule has 1 aromatic heterocycles. The van der Waals surface area contributed by atoms with Crippen molar-refractivity contribution >= 4 is 27.0 Å². The van der Waals surface area contributed by atoms with Crippen molar-refractivity contribution in [2.24, 2.45) is 0 Å². The quantitative estimate of drug-likeness (QED) is 0.747. The van der Waals surface area contributed by atoms with Gasteiger partial charge in [0.05, 0.1) is 17.6 Å². The van der Waals surface area contributed by atoms with E-state index in [1.165, 1.54) is 0 Å². The Morgan fingerprint density at radius 2 is 2.10 bits per heavy atom. The first-order valence-corrected chi connectivity index (χ1v) is 7.44. The summed E-state index contributed by atoms with van der Waals surface area (Å²) in [4.78, 5) is 7.95. The third kappa shape index (κ3) is 2.70. The molecule has 0 aliphatic carbocycles. The zero-order valence-corrected chi connectivity index (χ0v) is 12.8. The molecule has 0 spiro atoms. The first kappa shape index (κ1) is 13.2. The highest BCUT2D eigenvalue weighted by molar-refractivity contribution is 9.10. The number of halogens is 1. The van der Waals surface area contributed by atoms with Gasteiger partial charge in [-0.3, -0.25) is 0 Å². The maximum absolute atomic E-state index is 5.66. The van der Waals surface area contributed by atoms with E-state index in [0.29, 0.717) is 0 Å². The van der Waals surface area contributed by atoms with E-state index in [-0.39, 0.29) is 0 Å². The number of ether oxygens (including phenoxy) is 1. The number of fused-ring (bicyclic) bond motifs is 1. The Labute approximate surface area is 126 Å². The molecule has 0 amide bonds. The highest BCUT2D eigenvalue weighted by atomic mass is 79.9. The Balaban J connectivity index is 1.97. The van der Waals surface area contributed by atoms with Crippen LogP contribution in [0.3, 0.4) is 0 Å². The lowest BCUT2D eigenvalue weighted by Gasteiger charge is -2.05. The highest BCUT2D eigenvalue weighted by Gasteiger charge is 2.06. The zero-order chi connectivity index (χ0) is 13.9. The van der Waals surface area contributed by atoms with Crippen LogP contribution in [0.25, 0.3) is 22.4 Å². The van der Waals surface area contributed by atoms with Gasteiger partial charge >= 0.3 is 0 Å². The number of hydrogen-bond acceptors (Lipinski definition) is 2. The molecule has 0 unspecified atom stereocenters. The topological polar surface area (TPSA) is 37.9 Å². The van der Waals surface area contributed by atoms with Crippen LogP contribution in [-0.4, -0.2) is 16.6 Å². The van der Waals surface area contributed by atoms with Crippen molar-refractivity contribution in [2.75, 3.05) is 6.61 Å². The van der Waals surface area contributed by atoms with Crippen LogP contribution in [-0.2, 0) is 0 Å². The minimum absolute atomic E-state index is 0.733. The van der Waals surface area contributed by atoms with E-state index < -0.39 is 0 Å². The lowest BCUT2D eigenvalue weighted by Crippen LogP contribution is -1.94. The monoisotopic (exact) mass is 330 g/mol. The Morgan fingerprint density at radius 3 is 2.95 bits per heavy atom. The first-order valence-electron chi connectivity index (χ1n) is 6.65. The average Bonchev–Trinajstić information content (AvgIpc) is 2.88. The van der Waals surface area contributed by atoms with E-state index in [1.54, 1.807) is 0 Å². The molecule has 4 heteroatoms. The van der Waals surface area contributed by atoms with Crippen molar-refractivity contribution in [1.29, 1.82) is 0 Å².